The molecule has 0 spiro atoms. The van der Waals surface area contributed by atoms with Gasteiger partial charge in [-0.1, -0.05) is 41.4 Å². The van der Waals surface area contributed by atoms with E-state index in [0.717, 1.165) is 23.6 Å². The van der Waals surface area contributed by atoms with Gasteiger partial charge in [0.1, 0.15) is 18.2 Å². The minimum absolute atomic E-state index is 0.0702. The average Bonchev–Trinajstić information content (AvgIpc) is 3.29. The van der Waals surface area contributed by atoms with Gasteiger partial charge in [-0.05, 0) is 69.7 Å². The van der Waals surface area contributed by atoms with E-state index < -0.39 is 11.6 Å². The summed E-state index contributed by atoms with van der Waals surface area (Å²) in [6.45, 7) is 0.227. The van der Waals surface area contributed by atoms with E-state index in [2.05, 4.69) is 27.3 Å². The third-order valence-corrected chi connectivity index (χ3v) is 7.56. The van der Waals surface area contributed by atoms with Crippen molar-refractivity contribution >= 4 is 44.8 Å². The first-order valence-electron chi connectivity index (χ1n) is 10.7. The van der Waals surface area contributed by atoms with Crippen LogP contribution >= 0.6 is 39.1 Å². The van der Waals surface area contributed by atoms with Gasteiger partial charge < -0.3 is 14.8 Å². The summed E-state index contributed by atoms with van der Waals surface area (Å²) >= 11 is 15.9. The second-order valence-corrected chi connectivity index (χ2v) is 10.1. The molecule has 1 aliphatic carbocycles. The molecule has 0 bridgehead atoms. The molecule has 0 saturated heterocycles. The molecule has 0 radical (unpaired) electrons. The highest BCUT2D eigenvalue weighted by atomic mass is 79.9. The van der Waals surface area contributed by atoms with Gasteiger partial charge in [0.2, 0.25) is 0 Å². The second-order valence-electron chi connectivity index (χ2n) is 8.39. The monoisotopic (exact) mass is 565 g/mol. The maximum Gasteiger partial charge on any atom is 0.175 e. The lowest BCUT2D eigenvalue weighted by molar-refractivity contribution is 0.282. The van der Waals surface area contributed by atoms with Crippen molar-refractivity contribution in [3.63, 3.8) is 0 Å². The zero-order chi connectivity index (χ0) is 24.0. The SMILES string of the molecule is COc1cc([C@H]2Nc3c(F)cc(F)cc3C3C=CCC32)cc(Br)c1OCc1ccc(Cl)cc1Cl. The molecule has 176 valence electrons. The van der Waals surface area contributed by atoms with Gasteiger partial charge in [0, 0.05) is 27.6 Å². The highest BCUT2D eigenvalue weighted by Crippen LogP contribution is 2.52. The fraction of sp³-hybridized carbons (Fsp3) is 0.231. The number of anilines is 1. The Morgan fingerprint density at radius 2 is 1.94 bits per heavy atom. The number of nitrogens with one attached hydrogen (secondary N) is 1. The Bertz CT molecular complexity index is 1300. The van der Waals surface area contributed by atoms with Crippen LogP contribution in [0.15, 0.2) is 59.1 Å². The minimum atomic E-state index is -0.593. The molecule has 2 unspecified atom stereocenters. The quantitative estimate of drug-likeness (QED) is 0.314. The molecule has 1 heterocycles. The lowest BCUT2D eigenvalue weighted by Gasteiger charge is -2.38. The molecule has 8 heteroatoms. The number of fused-ring (bicyclic) bond motifs is 3. The Kier molecular flexibility index (Phi) is 6.49. The zero-order valence-corrected chi connectivity index (χ0v) is 21.1. The van der Waals surface area contributed by atoms with Crippen LogP contribution in [0.5, 0.6) is 11.5 Å². The Morgan fingerprint density at radius 3 is 2.71 bits per heavy atom. The summed E-state index contributed by atoms with van der Waals surface area (Å²) < 4.78 is 41.0. The number of ether oxygens (including phenoxy) is 2. The van der Waals surface area contributed by atoms with Crippen LogP contribution in [0.1, 0.15) is 35.1 Å². The van der Waals surface area contributed by atoms with E-state index in [4.69, 9.17) is 32.7 Å². The molecular formula is C26H20BrCl2F2NO2. The van der Waals surface area contributed by atoms with Crippen LogP contribution < -0.4 is 14.8 Å². The molecule has 3 aromatic rings. The summed E-state index contributed by atoms with van der Waals surface area (Å²) in [5.41, 5.74) is 2.69. The van der Waals surface area contributed by atoms with Crippen molar-refractivity contribution < 1.29 is 18.3 Å². The summed E-state index contributed by atoms with van der Waals surface area (Å²) in [7, 11) is 1.57. The van der Waals surface area contributed by atoms with E-state index in [9.17, 15) is 8.78 Å². The van der Waals surface area contributed by atoms with E-state index >= 15 is 0 Å². The molecular weight excluding hydrogens is 547 g/mol. The van der Waals surface area contributed by atoms with E-state index in [0.29, 0.717) is 37.3 Å². The van der Waals surface area contributed by atoms with E-state index in [1.54, 1.807) is 19.2 Å². The van der Waals surface area contributed by atoms with Gasteiger partial charge in [0.15, 0.2) is 11.5 Å². The van der Waals surface area contributed by atoms with E-state index in [1.165, 1.54) is 6.07 Å². The average molecular weight is 567 g/mol. The van der Waals surface area contributed by atoms with Gasteiger partial charge in [-0.2, -0.15) is 0 Å². The van der Waals surface area contributed by atoms with Gasteiger partial charge in [-0.3, -0.25) is 0 Å². The molecule has 3 atom stereocenters. The summed E-state index contributed by atoms with van der Waals surface area (Å²) in [6, 6.07) is 11.2. The normalized spacial score (nSPS) is 20.5. The molecule has 34 heavy (non-hydrogen) atoms. The van der Waals surface area contributed by atoms with Crippen LogP contribution in [-0.4, -0.2) is 7.11 Å². The fourth-order valence-corrected chi connectivity index (χ4v) is 5.84. The maximum absolute atomic E-state index is 14.7. The van der Waals surface area contributed by atoms with Crippen molar-refractivity contribution in [2.24, 2.45) is 5.92 Å². The van der Waals surface area contributed by atoms with Crippen molar-refractivity contribution in [1.29, 1.82) is 0 Å². The number of hydrogen-bond donors (Lipinski definition) is 1. The minimum Gasteiger partial charge on any atom is -0.493 e. The lowest BCUT2D eigenvalue weighted by Crippen LogP contribution is -2.30. The zero-order valence-electron chi connectivity index (χ0n) is 18.0. The highest BCUT2D eigenvalue weighted by molar-refractivity contribution is 9.10. The molecule has 2 aliphatic rings. The number of halogens is 5. The number of rotatable bonds is 5. The molecule has 5 rings (SSSR count). The summed E-state index contributed by atoms with van der Waals surface area (Å²) in [5, 5.41) is 4.39. The molecule has 1 N–H and O–H groups in total. The van der Waals surface area contributed by atoms with E-state index in [-0.39, 0.29) is 24.5 Å². The van der Waals surface area contributed by atoms with Crippen molar-refractivity contribution in [1.82, 2.24) is 0 Å². The van der Waals surface area contributed by atoms with Gasteiger partial charge in [0.25, 0.3) is 0 Å². The highest BCUT2D eigenvalue weighted by Gasteiger charge is 2.39. The van der Waals surface area contributed by atoms with Crippen LogP contribution in [-0.2, 0) is 6.61 Å². The predicted molar refractivity (Wildman–Crippen MR) is 134 cm³/mol. The molecule has 3 aromatic carbocycles. The number of allylic oxidation sites excluding steroid dienone is 2. The first kappa shape index (κ1) is 23.5. The van der Waals surface area contributed by atoms with Crippen molar-refractivity contribution in [2.75, 3.05) is 12.4 Å². The van der Waals surface area contributed by atoms with Crippen LogP contribution in [0.25, 0.3) is 0 Å². The third-order valence-electron chi connectivity index (χ3n) is 6.38. The summed E-state index contributed by atoms with van der Waals surface area (Å²) in [6.07, 6.45) is 4.91. The molecule has 0 amide bonds. The molecule has 3 nitrogen and oxygen atoms in total. The summed E-state index contributed by atoms with van der Waals surface area (Å²) in [5.74, 6) is -0.0528. The second kappa shape index (κ2) is 9.40. The lowest BCUT2D eigenvalue weighted by atomic mass is 9.77. The standard InChI is InChI=1S/C26H20BrCl2F2NO2/c1-33-23-8-14(7-20(27)26(23)34-12-13-5-6-15(28)9-21(13)29)24-18-4-2-3-17(18)19-10-16(30)11-22(31)25(19)32-24/h2-3,5-11,17-18,24,32H,4,12H2,1H3/t17?,18?,24-/m1/s1. The van der Waals surface area contributed by atoms with Crippen LogP contribution in [0.3, 0.4) is 0 Å². The van der Waals surface area contributed by atoms with Crippen molar-refractivity contribution in [2.45, 2.75) is 25.0 Å². The molecule has 0 aromatic heterocycles. The third kappa shape index (κ3) is 4.28. The molecule has 0 fully saturated rings. The Hall–Kier alpha value is -2.28. The van der Waals surface area contributed by atoms with Crippen molar-refractivity contribution in [3.05, 3.63) is 97.5 Å². The van der Waals surface area contributed by atoms with Gasteiger partial charge in [-0.15, -0.1) is 0 Å². The topological polar surface area (TPSA) is 30.5 Å². The Labute approximate surface area is 214 Å². The maximum atomic E-state index is 14.7. The Balaban J connectivity index is 1.47. The van der Waals surface area contributed by atoms with Gasteiger partial charge in [0.05, 0.1) is 23.3 Å². The molecule has 1 aliphatic heterocycles. The Morgan fingerprint density at radius 1 is 1.12 bits per heavy atom. The van der Waals surface area contributed by atoms with Crippen LogP contribution in [0.2, 0.25) is 10.0 Å². The number of hydrogen-bond acceptors (Lipinski definition) is 3. The molecule has 0 saturated carbocycles. The number of methoxy groups -OCH3 is 1. The smallest absolute Gasteiger partial charge is 0.175 e. The van der Waals surface area contributed by atoms with Crippen LogP contribution in [0.4, 0.5) is 14.5 Å². The number of benzene rings is 3. The van der Waals surface area contributed by atoms with E-state index in [1.807, 2.05) is 24.3 Å². The van der Waals surface area contributed by atoms with Gasteiger partial charge in [-0.25, -0.2) is 8.78 Å². The fourth-order valence-electron chi connectivity index (χ4n) is 4.80. The summed E-state index contributed by atoms with van der Waals surface area (Å²) in [4.78, 5) is 0. The van der Waals surface area contributed by atoms with Crippen LogP contribution in [0, 0.1) is 17.6 Å². The van der Waals surface area contributed by atoms with Gasteiger partial charge >= 0.3 is 0 Å². The first-order valence-corrected chi connectivity index (χ1v) is 12.3. The first-order chi connectivity index (χ1) is 16.4. The van der Waals surface area contributed by atoms with Crippen molar-refractivity contribution in [3.8, 4) is 11.5 Å². The largest absolute Gasteiger partial charge is 0.493 e. The predicted octanol–water partition coefficient (Wildman–Crippen LogP) is 8.45.